The van der Waals surface area contributed by atoms with Crippen molar-refractivity contribution in [2.24, 2.45) is 0 Å². The van der Waals surface area contributed by atoms with Crippen molar-refractivity contribution in [3.8, 4) is 28.3 Å². The molecule has 5 aromatic carbocycles. The van der Waals surface area contributed by atoms with Gasteiger partial charge in [0, 0.05) is 0 Å². The van der Waals surface area contributed by atoms with Gasteiger partial charge >= 0.3 is 0 Å². The van der Waals surface area contributed by atoms with Crippen LogP contribution in [0.5, 0.6) is 0 Å². The lowest BCUT2D eigenvalue weighted by Gasteiger charge is -2.36. The second-order valence-electron chi connectivity index (χ2n) is 9.69. The molecule has 0 amide bonds. The van der Waals surface area contributed by atoms with Gasteiger partial charge in [0.05, 0.1) is 17.9 Å². The summed E-state index contributed by atoms with van der Waals surface area (Å²) in [4.78, 5) is 0. The predicted octanol–water partition coefficient (Wildman–Crippen LogP) is 8.40. The normalized spacial score (nSPS) is 13.0. The Bertz CT molecular complexity index is 1590. The Labute approximate surface area is 213 Å². The summed E-state index contributed by atoms with van der Waals surface area (Å²) < 4.78 is 0. The van der Waals surface area contributed by atoms with Crippen molar-refractivity contribution >= 4 is 0 Å². The Kier molecular flexibility index (Phi) is 5.32. The first-order valence-electron chi connectivity index (χ1n) is 12.5. The molecule has 0 aromatic heterocycles. The lowest BCUT2D eigenvalue weighted by Crippen LogP contribution is -2.30. The molecule has 0 spiro atoms. The van der Waals surface area contributed by atoms with Gasteiger partial charge in [-0.15, -0.1) is 0 Å². The average molecular weight is 462 g/mol. The molecule has 1 aliphatic carbocycles. The molecule has 1 aliphatic rings. The molecule has 0 atom stereocenters. The van der Waals surface area contributed by atoms with E-state index in [0.717, 1.165) is 5.56 Å². The topological polar surface area (TPSA) is 23.8 Å². The van der Waals surface area contributed by atoms with Crippen LogP contribution in [0.2, 0.25) is 0 Å². The molecular weight excluding hydrogens is 434 g/mol. The molecule has 0 heterocycles. The third-order valence-electron chi connectivity index (χ3n) is 7.67. The molecule has 0 bridgehead atoms. The maximum absolute atomic E-state index is 9.71. The van der Waals surface area contributed by atoms with Crippen molar-refractivity contribution in [2.45, 2.75) is 25.7 Å². The van der Waals surface area contributed by atoms with E-state index in [1.807, 2.05) is 0 Å². The van der Waals surface area contributed by atoms with Crippen molar-refractivity contribution in [3.63, 3.8) is 0 Å². The number of fused-ring (bicyclic) bond motifs is 3. The van der Waals surface area contributed by atoms with Gasteiger partial charge < -0.3 is 0 Å². The minimum absolute atomic E-state index is 0.376. The van der Waals surface area contributed by atoms with Crippen molar-refractivity contribution in [1.29, 1.82) is 5.26 Å². The fourth-order valence-electron chi connectivity index (χ4n) is 6.21. The lowest BCUT2D eigenvalue weighted by atomic mass is 9.65. The van der Waals surface area contributed by atoms with Gasteiger partial charge in [0.25, 0.3) is 0 Å². The fraction of sp³-hybridized carbons (Fsp3) is 0.114. The van der Waals surface area contributed by atoms with Crippen LogP contribution in [0.25, 0.3) is 22.3 Å². The Hall–Kier alpha value is -4.41. The van der Waals surface area contributed by atoms with Gasteiger partial charge in [-0.2, -0.15) is 5.26 Å². The molecule has 0 N–H and O–H groups in total. The summed E-state index contributed by atoms with van der Waals surface area (Å²) in [6, 6.07) is 43.9. The molecule has 172 valence electrons. The molecule has 36 heavy (non-hydrogen) atoms. The van der Waals surface area contributed by atoms with Gasteiger partial charge in [-0.1, -0.05) is 109 Å². The number of hydrogen-bond donors (Lipinski definition) is 0. The number of benzene rings is 5. The second-order valence-corrected chi connectivity index (χ2v) is 9.69. The zero-order chi connectivity index (χ0) is 24.7. The third kappa shape index (κ3) is 3.15. The lowest BCUT2D eigenvalue weighted by molar-refractivity contribution is 0.753. The van der Waals surface area contributed by atoms with Crippen LogP contribution in [-0.2, 0) is 11.8 Å². The van der Waals surface area contributed by atoms with Crippen LogP contribution in [0.1, 0.15) is 38.9 Å². The van der Waals surface area contributed by atoms with Crippen LogP contribution in [0.4, 0.5) is 0 Å². The smallest absolute Gasteiger partial charge is 0.0718 e. The van der Waals surface area contributed by atoms with Gasteiger partial charge in [0.15, 0.2) is 0 Å². The highest BCUT2D eigenvalue weighted by Crippen LogP contribution is 2.59. The van der Waals surface area contributed by atoms with Gasteiger partial charge in [0.2, 0.25) is 0 Å². The van der Waals surface area contributed by atoms with Crippen LogP contribution in [0.3, 0.4) is 0 Å². The van der Waals surface area contributed by atoms with Crippen LogP contribution in [0.15, 0.2) is 115 Å². The summed E-state index contributed by atoms with van der Waals surface area (Å²) in [7, 11) is 0. The van der Waals surface area contributed by atoms with E-state index < -0.39 is 5.41 Å². The van der Waals surface area contributed by atoms with E-state index >= 15 is 0 Å². The highest BCUT2D eigenvalue weighted by molar-refractivity contribution is 5.96. The Morgan fingerprint density at radius 2 is 1.14 bits per heavy atom. The number of rotatable bonds is 4. The molecule has 0 radical (unpaired) electrons. The first-order chi connectivity index (χ1) is 17.7. The monoisotopic (exact) mass is 461 g/mol. The summed E-state index contributed by atoms with van der Waals surface area (Å²) in [5.74, 6) is 0. The standard InChI is InChI=1S/C35H27N/c1-24-12-6-9-17-30(24)35(31-18-10-7-13-25(31)2)32-19-11-8-16-28(32)34-29(27-14-4-3-5-15-27)22-26(20-21-36)23-33(34)35/h3-19,22-23H,20H2,1-2H3. The minimum atomic E-state index is -0.475. The van der Waals surface area contributed by atoms with E-state index in [4.69, 9.17) is 0 Å². The van der Waals surface area contributed by atoms with Gasteiger partial charge in [0.1, 0.15) is 0 Å². The van der Waals surface area contributed by atoms with Crippen molar-refractivity contribution in [3.05, 3.63) is 154 Å². The van der Waals surface area contributed by atoms with Crippen molar-refractivity contribution in [2.75, 3.05) is 0 Å². The predicted molar refractivity (Wildman–Crippen MR) is 148 cm³/mol. The summed E-state index contributed by atoms with van der Waals surface area (Å²) in [6.07, 6.45) is 0.376. The minimum Gasteiger partial charge on any atom is -0.198 e. The summed E-state index contributed by atoms with van der Waals surface area (Å²) >= 11 is 0. The summed E-state index contributed by atoms with van der Waals surface area (Å²) in [5, 5.41) is 9.71. The zero-order valence-electron chi connectivity index (χ0n) is 20.6. The van der Waals surface area contributed by atoms with Crippen LogP contribution < -0.4 is 0 Å². The van der Waals surface area contributed by atoms with Crippen LogP contribution in [0, 0.1) is 25.2 Å². The highest BCUT2D eigenvalue weighted by atomic mass is 14.5. The average Bonchev–Trinajstić information content (AvgIpc) is 3.20. The molecule has 0 unspecified atom stereocenters. The Morgan fingerprint density at radius 1 is 0.583 bits per heavy atom. The summed E-state index contributed by atoms with van der Waals surface area (Å²) in [6.45, 7) is 4.43. The summed E-state index contributed by atoms with van der Waals surface area (Å²) in [5.41, 5.74) is 13.1. The molecule has 0 aliphatic heterocycles. The third-order valence-corrected chi connectivity index (χ3v) is 7.67. The number of hydrogen-bond acceptors (Lipinski definition) is 1. The van der Waals surface area contributed by atoms with E-state index in [9.17, 15) is 5.26 Å². The maximum atomic E-state index is 9.71. The Balaban J connectivity index is 1.86. The van der Waals surface area contributed by atoms with Crippen molar-refractivity contribution in [1.82, 2.24) is 0 Å². The van der Waals surface area contributed by atoms with Crippen LogP contribution >= 0.6 is 0 Å². The van der Waals surface area contributed by atoms with Crippen molar-refractivity contribution < 1.29 is 0 Å². The molecule has 0 saturated heterocycles. The van der Waals surface area contributed by atoms with E-state index in [2.05, 4.69) is 135 Å². The second kappa shape index (κ2) is 8.67. The van der Waals surface area contributed by atoms with Gasteiger partial charge in [-0.25, -0.2) is 0 Å². The zero-order valence-corrected chi connectivity index (χ0v) is 20.6. The first-order valence-corrected chi connectivity index (χ1v) is 12.5. The fourth-order valence-corrected chi connectivity index (χ4v) is 6.21. The van der Waals surface area contributed by atoms with E-state index in [-0.39, 0.29) is 0 Å². The molecule has 0 fully saturated rings. The number of aryl methyl sites for hydroxylation is 2. The quantitative estimate of drug-likeness (QED) is 0.258. The number of nitriles is 1. The first kappa shape index (κ1) is 22.1. The number of nitrogens with zero attached hydrogens (tertiary/aromatic N) is 1. The van der Waals surface area contributed by atoms with E-state index in [1.165, 1.54) is 55.6 Å². The Morgan fingerprint density at radius 3 is 1.75 bits per heavy atom. The van der Waals surface area contributed by atoms with Gasteiger partial charge in [-0.3, -0.25) is 0 Å². The van der Waals surface area contributed by atoms with Gasteiger partial charge in [-0.05, 0) is 81.1 Å². The molecule has 0 saturated carbocycles. The van der Waals surface area contributed by atoms with E-state index in [1.54, 1.807) is 0 Å². The molecular formula is C35H27N. The van der Waals surface area contributed by atoms with E-state index in [0.29, 0.717) is 6.42 Å². The molecule has 6 rings (SSSR count). The van der Waals surface area contributed by atoms with Crippen LogP contribution in [-0.4, -0.2) is 0 Å². The molecule has 5 aromatic rings. The largest absolute Gasteiger partial charge is 0.198 e. The highest BCUT2D eigenvalue weighted by Gasteiger charge is 2.48. The molecule has 1 heteroatoms. The molecule has 1 nitrogen and oxygen atoms in total. The maximum Gasteiger partial charge on any atom is 0.0718 e. The SMILES string of the molecule is Cc1ccccc1C1(c2ccccc2C)c2ccccc2-c2c(-c3ccccc3)cc(CC#N)cc21.